The number of nitrogens with zero attached hydrogens (tertiary/aromatic N) is 11. The van der Waals surface area contributed by atoms with Crippen LogP contribution < -0.4 is 0 Å². The van der Waals surface area contributed by atoms with E-state index in [0.29, 0.717) is 49.9 Å². The standard InChI is InChI=1S/C20H15N3O5S.C20H16N2O3S.C19H13ClN2O2S.C18H11FN2O2S.C13H10N2O2S/c1-12-10-22-15(6-7-17(25)18-3-2-8-28-18)19(21-20(22)29-12)13-4-5-14(11-24)16(9-13)23(26)27;1-13-11-22-16(8-9-17(24)18-3-2-10-25-18)19(21-20(22)26-13)15-6-4-14(12-23)5-7-15;1-12-11-22-15(8-9-16(23)17-3-2-10-24-17)18(21-19(22)25-12)13-4-6-14(20)7-5-13;19-13-5-3-12(4-6-13)17-14(21-9-11-24-18(21)20-17)7-8-15(22)16-2-1-10-23-16;1-9-10(15-6-8-18-13(15)14-9)4-5-11(16)12-3-2-7-17-12/h2-10,24H,11H2,1H3;2-11,23H,12H2,1H3;2-11H,1H3;1-11H;2-8H,1H3/b7-6+;2*9-8+;8-7+;5-4+. The monoisotopic (exact) mass is 1740 g/mol. The average Bonchev–Trinajstić information content (AvgIpc) is 1.63. The molecule has 15 heterocycles. The van der Waals surface area contributed by atoms with Gasteiger partial charge in [0.25, 0.3) is 5.69 Å². The zero-order chi connectivity index (χ0) is 85.1. The number of nitro groups is 1. The Hall–Kier alpha value is -14.3. The van der Waals surface area contributed by atoms with Crippen LogP contribution in [0.5, 0.6) is 0 Å². The van der Waals surface area contributed by atoms with E-state index in [0.717, 1.165) is 96.6 Å². The number of halogens is 2. The van der Waals surface area contributed by atoms with E-state index in [2.05, 4.69) is 15.0 Å². The highest BCUT2D eigenvalue weighted by Gasteiger charge is 2.23. The number of benzene rings is 4. The first kappa shape index (κ1) is 82.8. The first-order valence-corrected chi connectivity index (χ1v) is 41.5. The molecular weight excluding hydrogens is 1670 g/mol. The quantitative estimate of drug-likeness (QED) is 0.0275. The summed E-state index contributed by atoms with van der Waals surface area (Å²) in [5.41, 5.74) is 11.8. The van der Waals surface area contributed by atoms with Gasteiger partial charge in [-0.2, -0.15) is 0 Å². The molecule has 0 radical (unpaired) electrons. The summed E-state index contributed by atoms with van der Waals surface area (Å²) >= 11 is 13.7. The lowest BCUT2D eigenvalue weighted by atomic mass is 10.1. The summed E-state index contributed by atoms with van der Waals surface area (Å²) in [5, 5.41) is 34.5. The summed E-state index contributed by atoms with van der Waals surface area (Å²) in [4.78, 5) is 102. The van der Waals surface area contributed by atoms with Gasteiger partial charge in [-0.05, 0) is 197 Å². The molecule has 25 nitrogen and oxygen atoms in total. The van der Waals surface area contributed by atoms with E-state index in [1.54, 1.807) is 143 Å². The zero-order valence-corrected chi connectivity index (χ0v) is 69.4. The number of ketones is 5. The van der Waals surface area contributed by atoms with Crippen molar-refractivity contribution in [2.24, 2.45) is 0 Å². The molecule has 0 amide bonds. The number of hydrogen-bond acceptors (Lipinski definition) is 24. The Morgan fingerprint density at radius 1 is 0.426 bits per heavy atom. The van der Waals surface area contributed by atoms with Crippen LogP contribution in [-0.2, 0) is 13.2 Å². The van der Waals surface area contributed by atoms with Crippen molar-refractivity contribution in [1.82, 2.24) is 46.9 Å². The number of aryl methyl sites for hydroxylation is 4. The fraction of sp³-hybridized carbons (Fsp3) is 0.0667. The molecule has 0 saturated heterocycles. The third-order valence-electron chi connectivity index (χ3n) is 18.4. The summed E-state index contributed by atoms with van der Waals surface area (Å²) < 4.78 is 48.4. The molecule has 0 spiro atoms. The third-order valence-corrected chi connectivity index (χ3v) is 22.8. The van der Waals surface area contributed by atoms with Gasteiger partial charge in [0.2, 0.25) is 28.9 Å². The molecule has 0 fully saturated rings. The molecule has 19 aromatic rings. The molecule has 0 saturated carbocycles. The maximum absolute atomic E-state index is 13.2. The molecule has 2 N–H and O–H groups in total. The predicted octanol–water partition coefficient (Wildman–Crippen LogP) is 22.0. The number of nitro benzene ring substituents is 1. The largest absolute Gasteiger partial charge is 0.461 e. The minimum atomic E-state index is -0.534. The lowest BCUT2D eigenvalue weighted by Gasteiger charge is -2.04. The fourth-order valence-corrected chi connectivity index (χ4v) is 16.7. The van der Waals surface area contributed by atoms with Crippen molar-refractivity contribution in [2.45, 2.75) is 40.9 Å². The van der Waals surface area contributed by atoms with Crippen molar-refractivity contribution in [2.75, 3.05) is 0 Å². The van der Waals surface area contributed by atoms with Crippen molar-refractivity contribution in [1.29, 1.82) is 0 Å². The number of aromatic nitrogens is 10. The number of allylic oxidation sites excluding steroid dienone is 5. The lowest BCUT2D eigenvalue weighted by Crippen LogP contribution is -1.97. The van der Waals surface area contributed by atoms with Gasteiger partial charge < -0.3 is 32.3 Å². The van der Waals surface area contributed by atoms with Crippen LogP contribution in [0.15, 0.2) is 277 Å². The van der Waals surface area contributed by atoms with Gasteiger partial charge in [-0.15, -0.1) is 56.7 Å². The van der Waals surface area contributed by atoms with Crippen molar-refractivity contribution < 1.29 is 65.6 Å². The highest BCUT2D eigenvalue weighted by Crippen LogP contribution is 2.36. The molecule has 608 valence electrons. The van der Waals surface area contributed by atoms with Crippen LogP contribution in [-0.4, -0.2) is 91.0 Å². The summed E-state index contributed by atoms with van der Waals surface area (Å²) in [6, 6.07) is 42.3. The lowest BCUT2D eigenvalue weighted by molar-refractivity contribution is -0.385. The van der Waals surface area contributed by atoms with Crippen LogP contribution in [0, 0.1) is 43.6 Å². The Labute approximate surface area is 716 Å². The number of aliphatic hydroxyl groups is 2. The second-order valence-corrected chi connectivity index (χ2v) is 32.4. The van der Waals surface area contributed by atoms with Crippen LogP contribution in [0.25, 0.3) is 100 Å². The first-order valence-electron chi connectivity index (χ1n) is 37.0. The Balaban J connectivity index is 0.000000119. The van der Waals surface area contributed by atoms with Crippen molar-refractivity contribution >= 4 is 158 Å². The SMILES string of the molecule is Cc1cn2c(/C=C/C(=O)c3ccco3)c(-c3ccc(CO)c([N+](=O)[O-])c3)nc2s1.Cc1cn2c(/C=C/C(=O)c3ccco3)c(-c3ccc(CO)cc3)nc2s1.Cc1cn2c(/C=C/C(=O)c3ccco3)c(-c3ccc(Cl)cc3)nc2s1.Cc1nc2sccn2c1/C=C/C(=O)c1ccco1.O=C(/C=C/c1c(-c2ccc(F)cc2)nc2sccn12)c1ccco1. The Kier molecular flexibility index (Phi) is 25.3. The zero-order valence-electron chi connectivity index (χ0n) is 64.6. The molecule has 32 heteroatoms. The minimum Gasteiger partial charge on any atom is -0.461 e. The Morgan fingerprint density at radius 2 is 0.754 bits per heavy atom. The molecule has 15 aromatic heterocycles. The number of carbonyl (C=O) groups is 5. The summed E-state index contributed by atoms with van der Waals surface area (Å²) in [7, 11) is 0. The molecule has 19 rings (SSSR count). The highest BCUT2D eigenvalue weighted by atomic mass is 35.5. The summed E-state index contributed by atoms with van der Waals surface area (Å²) in [6.45, 7) is 7.50. The Bertz CT molecular complexity index is 7120. The van der Waals surface area contributed by atoms with Gasteiger partial charge in [0.15, 0.2) is 53.6 Å². The minimum absolute atomic E-state index is 0.00215. The number of imidazole rings is 5. The predicted molar refractivity (Wildman–Crippen MR) is 470 cm³/mol. The number of thiazole rings is 5. The summed E-state index contributed by atoms with van der Waals surface area (Å²) in [5.74, 6) is 0.0918. The maximum atomic E-state index is 13.2. The van der Waals surface area contributed by atoms with Gasteiger partial charge in [-0.3, -0.25) is 56.1 Å². The van der Waals surface area contributed by atoms with Gasteiger partial charge in [-0.1, -0.05) is 54.1 Å². The van der Waals surface area contributed by atoms with Gasteiger partial charge in [-0.25, -0.2) is 29.3 Å². The maximum Gasteiger partial charge on any atom is 0.275 e. The van der Waals surface area contributed by atoms with E-state index in [-0.39, 0.29) is 64.1 Å². The fourth-order valence-electron chi connectivity index (χ4n) is 12.6. The second kappa shape index (κ2) is 37.3. The van der Waals surface area contributed by atoms with E-state index < -0.39 is 11.5 Å². The van der Waals surface area contributed by atoms with E-state index in [9.17, 15) is 48.7 Å². The second-order valence-electron chi connectivity index (χ2n) is 26.6. The molecule has 0 bridgehead atoms. The first-order chi connectivity index (χ1) is 59.2. The normalized spacial score (nSPS) is 11.6. The smallest absolute Gasteiger partial charge is 0.275 e. The summed E-state index contributed by atoms with van der Waals surface area (Å²) in [6.07, 6.45) is 33.1. The number of rotatable bonds is 22. The van der Waals surface area contributed by atoms with E-state index in [1.165, 1.54) is 109 Å². The molecule has 0 aliphatic carbocycles. The van der Waals surface area contributed by atoms with E-state index in [4.69, 9.17) is 43.7 Å². The molecule has 0 unspecified atom stereocenters. The third kappa shape index (κ3) is 18.7. The molecule has 0 aliphatic rings. The van der Waals surface area contributed by atoms with Crippen LogP contribution in [0.2, 0.25) is 5.02 Å². The number of furan rings is 5. The molecular formula is C90H65ClFN11O14S5. The number of carbonyl (C=O) groups excluding carboxylic acids is 5. The van der Waals surface area contributed by atoms with Crippen molar-refractivity contribution in [3.05, 3.63) is 365 Å². The molecule has 0 atom stereocenters. The number of hydrogen-bond donors (Lipinski definition) is 2. The van der Waals surface area contributed by atoms with Gasteiger partial charge in [0.05, 0.1) is 112 Å². The molecule has 122 heavy (non-hydrogen) atoms. The topological polar surface area (TPSA) is 321 Å². The average molecular weight is 1740 g/mol. The number of aliphatic hydroxyl groups excluding tert-OH is 2. The van der Waals surface area contributed by atoms with Gasteiger partial charge in [0.1, 0.15) is 5.82 Å². The number of fused-ring (bicyclic) bond motifs is 5. The van der Waals surface area contributed by atoms with Crippen LogP contribution >= 0.6 is 68.3 Å². The van der Waals surface area contributed by atoms with Crippen LogP contribution in [0.3, 0.4) is 0 Å². The van der Waals surface area contributed by atoms with Crippen LogP contribution in [0.1, 0.15) is 113 Å². The van der Waals surface area contributed by atoms with Crippen LogP contribution in [0.4, 0.5) is 10.1 Å². The molecule has 4 aromatic carbocycles. The van der Waals surface area contributed by atoms with Crippen molar-refractivity contribution in [3.63, 3.8) is 0 Å². The Morgan fingerprint density at radius 3 is 1.11 bits per heavy atom. The van der Waals surface area contributed by atoms with Gasteiger partial charge in [0, 0.05) is 89.7 Å². The van der Waals surface area contributed by atoms with E-state index in [1.807, 2.05) is 140 Å². The van der Waals surface area contributed by atoms with Gasteiger partial charge >= 0.3 is 0 Å². The van der Waals surface area contributed by atoms with E-state index >= 15 is 0 Å². The highest BCUT2D eigenvalue weighted by molar-refractivity contribution is 7.17. The van der Waals surface area contributed by atoms with Crippen molar-refractivity contribution in [3.8, 4) is 45.0 Å². The molecule has 0 aliphatic heterocycles.